The number of carbonyl (C=O) groups is 1. The summed E-state index contributed by atoms with van der Waals surface area (Å²) in [5.41, 5.74) is 3.55. The molecule has 3 rings (SSSR count). The number of benzene rings is 1. The second-order valence-electron chi connectivity index (χ2n) is 4.52. The van der Waals surface area contributed by atoms with Crippen LogP contribution in [0.1, 0.15) is 20.9 Å². The first kappa shape index (κ1) is 15.2. The Labute approximate surface area is 140 Å². The number of hydrogen-bond acceptors (Lipinski definition) is 6. The summed E-state index contributed by atoms with van der Waals surface area (Å²) in [6.07, 6.45) is 1.75. The van der Waals surface area contributed by atoms with Gasteiger partial charge in [-0.1, -0.05) is 0 Å². The summed E-state index contributed by atoms with van der Waals surface area (Å²) in [5, 5.41) is 5.48. The number of nitrogens with one attached hydrogen (secondary N) is 1. The Balaban J connectivity index is 1.59. The smallest absolute Gasteiger partial charge is 0.257 e. The lowest BCUT2D eigenvalue weighted by Crippen LogP contribution is -2.11. The largest absolute Gasteiger partial charge is 0.298 e. The van der Waals surface area contributed by atoms with Crippen molar-refractivity contribution in [2.75, 3.05) is 5.32 Å². The van der Waals surface area contributed by atoms with Crippen molar-refractivity contribution in [1.82, 2.24) is 9.97 Å². The standard InChI is InChI=1S/C15H13N3OS3/c1-10-6-16-15(22-10)18-14(19)11-2-4-13(5-3-11)21-8-12-7-20-9-17-12/h2-7,9H,8H2,1H3,(H,16,18,19). The molecule has 0 spiro atoms. The molecule has 0 bridgehead atoms. The molecular formula is C15H13N3OS3. The molecule has 7 heteroatoms. The van der Waals surface area contributed by atoms with Crippen LogP contribution in [0.5, 0.6) is 0 Å². The molecule has 112 valence electrons. The monoisotopic (exact) mass is 347 g/mol. The molecule has 0 fully saturated rings. The summed E-state index contributed by atoms with van der Waals surface area (Å²) in [7, 11) is 0. The van der Waals surface area contributed by atoms with Gasteiger partial charge in [0.2, 0.25) is 0 Å². The number of thiazole rings is 2. The van der Waals surface area contributed by atoms with Crippen molar-refractivity contribution in [3.63, 3.8) is 0 Å². The number of hydrogen-bond donors (Lipinski definition) is 1. The van der Waals surface area contributed by atoms with Gasteiger partial charge in [0.1, 0.15) is 0 Å². The van der Waals surface area contributed by atoms with Crippen molar-refractivity contribution in [2.45, 2.75) is 17.6 Å². The number of aromatic nitrogens is 2. The van der Waals surface area contributed by atoms with E-state index < -0.39 is 0 Å². The van der Waals surface area contributed by atoms with Crippen molar-refractivity contribution in [3.05, 3.63) is 57.5 Å². The molecule has 0 saturated carbocycles. The van der Waals surface area contributed by atoms with E-state index >= 15 is 0 Å². The Morgan fingerprint density at radius 3 is 2.73 bits per heavy atom. The van der Waals surface area contributed by atoms with Crippen LogP contribution < -0.4 is 5.32 Å². The Morgan fingerprint density at radius 2 is 2.09 bits per heavy atom. The number of rotatable bonds is 5. The maximum absolute atomic E-state index is 12.1. The SMILES string of the molecule is Cc1cnc(NC(=O)c2ccc(SCc3cscn3)cc2)s1. The van der Waals surface area contributed by atoms with Gasteiger partial charge >= 0.3 is 0 Å². The maximum atomic E-state index is 12.1. The first-order valence-electron chi connectivity index (χ1n) is 6.54. The summed E-state index contributed by atoms with van der Waals surface area (Å²) < 4.78 is 0. The van der Waals surface area contributed by atoms with Crippen molar-refractivity contribution in [3.8, 4) is 0 Å². The summed E-state index contributed by atoms with van der Waals surface area (Å²) in [4.78, 5) is 22.7. The summed E-state index contributed by atoms with van der Waals surface area (Å²) >= 11 is 4.78. The molecule has 1 aromatic carbocycles. The molecule has 2 aromatic heterocycles. The van der Waals surface area contributed by atoms with E-state index in [1.54, 1.807) is 29.3 Å². The van der Waals surface area contributed by atoms with Gasteiger partial charge in [-0.3, -0.25) is 10.1 Å². The minimum Gasteiger partial charge on any atom is -0.298 e. The Morgan fingerprint density at radius 1 is 1.27 bits per heavy atom. The third-order valence-electron chi connectivity index (χ3n) is 2.83. The van der Waals surface area contributed by atoms with E-state index in [9.17, 15) is 4.79 Å². The normalized spacial score (nSPS) is 10.6. The highest BCUT2D eigenvalue weighted by Gasteiger charge is 2.08. The van der Waals surface area contributed by atoms with Gasteiger partial charge in [-0.2, -0.15) is 0 Å². The van der Waals surface area contributed by atoms with E-state index in [0.29, 0.717) is 10.7 Å². The van der Waals surface area contributed by atoms with Crippen LogP contribution in [0.2, 0.25) is 0 Å². The van der Waals surface area contributed by atoms with Crippen LogP contribution in [0.15, 0.2) is 46.2 Å². The van der Waals surface area contributed by atoms with Gasteiger partial charge in [-0.05, 0) is 31.2 Å². The second kappa shape index (κ2) is 7.04. The van der Waals surface area contributed by atoms with Crippen LogP contribution in [-0.4, -0.2) is 15.9 Å². The zero-order chi connectivity index (χ0) is 15.4. The van der Waals surface area contributed by atoms with Gasteiger partial charge in [0, 0.05) is 32.7 Å². The average Bonchev–Trinajstić information content (AvgIpc) is 3.17. The van der Waals surface area contributed by atoms with Crippen LogP contribution in [0, 0.1) is 6.92 Å². The van der Waals surface area contributed by atoms with E-state index in [4.69, 9.17) is 0 Å². The van der Waals surface area contributed by atoms with E-state index in [2.05, 4.69) is 15.3 Å². The minimum absolute atomic E-state index is 0.134. The molecular weight excluding hydrogens is 334 g/mol. The molecule has 0 aliphatic rings. The number of amides is 1. The maximum Gasteiger partial charge on any atom is 0.257 e. The van der Waals surface area contributed by atoms with Crippen molar-refractivity contribution >= 4 is 45.5 Å². The van der Waals surface area contributed by atoms with Crippen LogP contribution >= 0.6 is 34.4 Å². The Hall–Kier alpha value is -1.70. The van der Waals surface area contributed by atoms with Gasteiger partial charge in [0.25, 0.3) is 5.91 Å². The molecule has 1 amide bonds. The average molecular weight is 347 g/mol. The summed E-state index contributed by atoms with van der Waals surface area (Å²) in [5.74, 6) is 0.707. The van der Waals surface area contributed by atoms with Crippen LogP contribution in [0.3, 0.4) is 0 Å². The molecule has 1 N–H and O–H groups in total. The predicted molar refractivity (Wildman–Crippen MR) is 92.9 cm³/mol. The molecule has 0 saturated heterocycles. The number of thioether (sulfide) groups is 1. The zero-order valence-electron chi connectivity index (χ0n) is 11.8. The summed E-state index contributed by atoms with van der Waals surface area (Å²) in [6, 6.07) is 7.58. The van der Waals surface area contributed by atoms with Crippen molar-refractivity contribution < 1.29 is 4.79 Å². The topological polar surface area (TPSA) is 54.9 Å². The third-order valence-corrected chi connectivity index (χ3v) is 5.34. The van der Waals surface area contributed by atoms with Crippen LogP contribution in [-0.2, 0) is 5.75 Å². The Bertz CT molecular complexity index is 751. The first-order valence-corrected chi connectivity index (χ1v) is 9.29. The van der Waals surface area contributed by atoms with E-state index in [0.717, 1.165) is 21.2 Å². The van der Waals surface area contributed by atoms with Crippen LogP contribution in [0.4, 0.5) is 5.13 Å². The lowest BCUT2D eigenvalue weighted by Gasteiger charge is -2.03. The second-order valence-corrected chi connectivity index (χ2v) is 7.53. The first-order chi connectivity index (χ1) is 10.7. The molecule has 0 unspecified atom stereocenters. The summed E-state index contributed by atoms with van der Waals surface area (Å²) in [6.45, 7) is 1.96. The molecule has 22 heavy (non-hydrogen) atoms. The predicted octanol–water partition coefficient (Wildman–Crippen LogP) is 4.45. The molecule has 2 heterocycles. The lowest BCUT2D eigenvalue weighted by atomic mass is 10.2. The molecule has 3 aromatic rings. The number of nitrogens with zero attached hydrogens (tertiary/aromatic N) is 2. The van der Waals surface area contributed by atoms with Gasteiger partial charge in [-0.15, -0.1) is 34.4 Å². The zero-order valence-corrected chi connectivity index (χ0v) is 14.2. The molecule has 0 aliphatic heterocycles. The fourth-order valence-electron chi connectivity index (χ4n) is 1.75. The molecule has 0 radical (unpaired) electrons. The third kappa shape index (κ3) is 3.94. The highest BCUT2D eigenvalue weighted by atomic mass is 32.2. The quantitative estimate of drug-likeness (QED) is 0.693. The van der Waals surface area contributed by atoms with E-state index in [1.165, 1.54) is 11.3 Å². The number of aryl methyl sites for hydroxylation is 1. The van der Waals surface area contributed by atoms with Crippen LogP contribution in [0.25, 0.3) is 0 Å². The van der Waals surface area contributed by atoms with Gasteiger partial charge in [0.15, 0.2) is 5.13 Å². The van der Waals surface area contributed by atoms with Crippen molar-refractivity contribution in [2.24, 2.45) is 0 Å². The minimum atomic E-state index is -0.134. The van der Waals surface area contributed by atoms with Gasteiger partial charge in [-0.25, -0.2) is 9.97 Å². The molecule has 4 nitrogen and oxygen atoms in total. The van der Waals surface area contributed by atoms with E-state index in [1.807, 2.05) is 42.1 Å². The van der Waals surface area contributed by atoms with Gasteiger partial charge in [0.05, 0.1) is 11.2 Å². The van der Waals surface area contributed by atoms with E-state index in [-0.39, 0.29) is 5.91 Å². The number of carbonyl (C=O) groups excluding carboxylic acids is 1. The fraction of sp³-hybridized carbons (Fsp3) is 0.133. The van der Waals surface area contributed by atoms with Gasteiger partial charge < -0.3 is 0 Å². The lowest BCUT2D eigenvalue weighted by molar-refractivity contribution is 0.102. The highest BCUT2D eigenvalue weighted by molar-refractivity contribution is 7.98. The number of anilines is 1. The van der Waals surface area contributed by atoms with Crippen molar-refractivity contribution in [1.29, 1.82) is 0 Å². The Kier molecular flexibility index (Phi) is 4.87. The molecule has 0 aliphatic carbocycles. The molecule has 0 atom stereocenters. The highest BCUT2D eigenvalue weighted by Crippen LogP contribution is 2.23. The fourth-order valence-corrected chi connectivity index (χ4v) is 3.87.